The molecule has 0 aliphatic carbocycles. The van der Waals surface area contributed by atoms with Gasteiger partial charge in [-0.1, -0.05) is 6.07 Å². The van der Waals surface area contributed by atoms with Gasteiger partial charge in [0, 0.05) is 17.4 Å². The summed E-state index contributed by atoms with van der Waals surface area (Å²) in [4.78, 5) is 19.6. The van der Waals surface area contributed by atoms with Crippen LogP contribution in [-0.4, -0.2) is 37.0 Å². The normalized spacial score (nSPS) is 12.4. The Kier molecular flexibility index (Phi) is 5.39. The Morgan fingerprint density at radius 2 is 2.00 bits per heavy atom. The fourth-order valence-electron chi connectivity index (χ4n) is 2.52. The molecule has 3 aromatic rings. The van der Waals surface area contributed by atoms with Crippen molar-refractivity contribution >= 4 is 17.6 Å². The molecule has 0 unspecified atom stereocenters. The number of hydrogen-bond acceptors (Lipinski definition) is 6. The first-order chi connectivity index (χ1) is 13.6. The molecule has 0 aliphatic rings. The Bertz CT molecular complexity index is 1030. The number of anilines is 2. The molecular formula is C18H17F3N6O2. The van der Waals surface area contributed by atoms with E-state index in [0.29, 0.717) is 11.3 Å². The van der Waals surface area contributed by atoms with E-state index in [0.717, 1.165) is 23.4 Å². The molecule has 1 aromatic carbocycles. The fourth-order valence-corrected chi connectivity index (χ4v) is 2.52. The Morgan fingerprint density at radius 1 is 1.24 bits per heavy atom. The Hall–Kier alpha value is -3.63. The van der Waals surface area contributed by atoms with Gasteiger partial charge >= 0.3 is 12.1 Å². The van der Waals surface area contributed by atoms with E-state index in [-0.39, 0.29) is 5.95 Å². The van der Waals surface area contributed by atoms with Gasteiger partial charge in [-0.15, -0.1) is 0 Å². The Balaban J connectivity index is 1.84. The lowest BCUT2D eigenvalue weighted by Gasteiger charge is -2.11. The number of rotatable bonds is 6. The van der Waals surface area contributed by atoms with Crippen LogP contribution in [-0.2, 0) is 11.0 Å². The molecule has 0 saturated heterocycles. The van der Waals surface area contributed by atoms with Gasteiger partial charge in [-0.25, -0.2) is 14.8 Å². The number of carbonyl (C=O) groups is 1. The SMILES string of the molecule is Cc1cc(Nc2nccc(C(F)(F)F)n2)cc(-c2cnn(N[C@@H](C)C(=O)O)c2)c1. The highest BCUT2D eigenvalue weighted by Gasteiger charge is 2.32. The number of carboxylic acid groups (broad SMARTS) is 1. The van der Waals surface area contributed by atoms with Gasteiger partial charge in [0.05, 0.1) is 12.4 Å². The van der Waals surface area contributed by atoms with Crippen LogP contribution in [0.3, 0.4) is 0 Å². The lowest BCUT2D eigenvalue weighted by Crippen LogP contribution is -2.32. The summed E-state index contributed by atoms with van der Waals surface area (Å²) < 4.78 is 38.5. The van der Waals surface area contributed by atoms with Gasteiger partial charge in [0.15, 0.2) is 0 Å². The first-order valence-corrected chi connectivity index (χ1v) is 8.45. The summed E-state index contributed by atoms with van der Waals surface area (Å²) in [5.41, 5.74) is 4.41. The highest BCUT2D eigenvalue weighted by atomic mass is 19.4. The van der Waals surface area contributed by atoms with Crippen LogP contribution in [0.2, 0.25) is 0 Å². The quantitative estimate of drug-likeness (QED) is 0.576. The van der Waals surface area contributed by atoms with Crippen LogP contribution < -0.4 is 10.7 Å². The van der Waals surface area contributed by atoms with Crippen LogP contribution in [0.5, 0.6) is 0 Å². The molecule has 3 N–H and O–H groups in total. The van der Waals surface area contributed by atoms with Crippen molar-refractivity contribution in [2.24, 2.45) is 0 Å². The van der Waals surface area contributed by atoms with Crippen LogP contribution in [0.25, 0.3) is 11.1 Å². The zero-order chi connectivity index (χ0) is 21.2. The zero-order valence-electron chi connectivity index (χ0n) is 15.4. The molecule has 2 aromatic heterocycles. The van der Waals surface area contributed by atoms with Crippen molar-refractivity contribution in [2.45, 2.75) is 26.1 Å². The minimum Gasteiger partial charge on any atom is -0.480 e. The number of alkyl halides is 3. The molecule has 152 valence electrons. The summed E-state index contributed by atoms with van der Waals surface area (Å²) in [5.74, 6) is -1.20. The number of halogens is 3. The molecule has 0 saturated carbocycles. The molecule has 0 bridgehead atoms. The second-order valence-electron chi connectivity index (χ2n) is 6.34. The third-order valence-corrected chi connectivity index (χ3v) is 3.89. The molecule has 0 radical (unpaired) electrons. The first-order valence-electron chi connectivity index (χ1n) is 8.45. The second-order valence-corrected chi connectivity index (χ2v) is 6.34. The van der Waals surface area contributed by atoms with E-state index in [4.69, 9.17) is 5.11 Å². The van der Waals surface area contributed by atoms with E-state index in [2.05, 4.69) is 25.8 Å². The van der Waals surface area contributed by atoms with Gasteiger partial charge in [-0.3, -0.25) is 5.43 Å². The number of carboxylic acids is 1. The van der Waals surface area contributed by atoms with Crippen molar-refractivity contribution in [2.75, 3.05) is 10.7 Å². The van der Waals surface area contributed by atoms with Gasteiger partial charge in [0.25, 0.3) is 0 Å². The van der Waals surface area contributed by atoms with Gasteiger partial charge < -0.3 is 10.4 Å². The average Bonchev–Trinajstić information content (AvgIpc) is 3.09. The van der Waals surface area contributed by atoms with E-state index >= 15 is 0 Å². The molecule has 8 nitrogen and oxygen atoms in total. The molecule has 3 rings (SSSR count). The lowest BCUT2D eigenvalue weighted by molar-refractivity contribution is -0.141. The second kappa shape index (κ2) is 7.78. The van der Waals surface area contributed by atoms with Crippen molar-refractivity contribution in [3.63, 3.8) is 0 Å². The van der Waals surface area contributed by atoms with Gasteiger partial charge in [-0.05, 0) is 43.2 Å². The number of aliphatic carboxylic acids is 1. The fraction of sp³-hybridized carbons (Fsp3) is 0.222. The first kappa shape index (κ1) is 20.1. The summed E-state index contributed by atoms with van der Waals surface area (Å²) >= 11 is 0. The summed E-state index contributed by atoms with van der Waals surface area (Å²) in [6.45, 7) is 3.31. The van der Waals surface area contributed by atoms with Crippen molar-refractivity contribution in [1.29, 1.82) is 0 Å². The van der Waals surface area contributed by atoms with Gasteiger partial charge in [0.1, 0.15) is 11.7 Å². The third kappa shape index (κ3) is 5.00. The highest BCUT2D eigenvalue weighted by Crippen LogP contribution is 2.29. The molecule has 0 spiro atoms. The van der Waals surface area contributed by atoms with Crippen molar-refractivity contribution in [3.05, 3.63) is 54.1 Å². The minimum atomic E-state index is -4.56. The number of hydrogen-bond donors (Lipinski definition) is 3. The zero-order valence-corrected chi connectivity index (χ0v) is 15.4. The lowest BCUT2D eigenvalue weighted by atomic mass is 10.1. The van der Waals surface area contributed by atoms with Gasteiger partial charge in [0.2, 0.25) is 5.95 Å². The predicted molar refractivity (Wildman–Crippen MR) is 99.2 cm³/mol. The van der Waals surface area contributed by atoms with E-state index in [1.54, 1.807) is 24.5 Å². The van der Waals surface area contributed by atoms with E-state index in [1.807, 2.05) is 13.0 Å². The van der Waals surface area contributed by atoms with E-state index in [1.165, 1.54) is 11.7 Å². The van der Waals surface area contributed by atoms with Gasteiger partial charge in [-0.2, -0.15) is 23.1 Å². The number of nitrogens with one attached hydrogen (secondary N) is 2. The molecular weight excluding hydrogens is 389 g/mol. The van der Waals surface area contributed by atoms with Crippen molar-refractivity contribution in [1.82, 2.24) is 19.9 Å². The van der Waals surface area contributed by atoms with Crippen LogP contribution >= 0.6 is 0 Å². The maximum absolute atomic E-state index is 12.8. The topological polar surface area (TPSA) is 105 Å². The molecule has 0 amide bonds. The smallest absolute Gasteiger partial charge is 0.433 e. The van der Waals surface area contributed by atoms with Crippen LogP contribution in [0.1, 0.15) is 18.2 Å². The third-order valence-electron chi connectivity index (χ3n) is 3.89. The summed E-state index contributed by atoms with van der Waals surface area (Å²) in [7, 11) is 0. The predicted octanol–water partition coefficient (Wildman–Crippen LogP) is 3.43. The minimum absolute atomic E-state index is 0.177. The highest BCUT2D eigenvalue weighted by molar-refractivity contribution is 5.74. The van der Waals surface area contributed by atoms with E-state index < -0.39 is 23.9 Å². The number of nitrogens with zero attached hydrogens (tertiary/aromatic N) is 4. The standard InChI is InChI=1S/C18H17F3N6O2/c1-10-5-12(13-8-23-27(9-13)26-11(2)16(28)29)7-14(6-10)24-17-22-4-3-15(25-17)18(19,20)21/h3-9,11,26H,1-2H3,(H,28,29)(H,22,24,25)/t11-/m0/s1. The molecule has 29 heavy (non-hydrogen) atoms. The molecule has 1 atom stereocenters. The number of aromatic nitrogens is 4. The summed E-state index contributed by atoms with van der Waals surface area (Å²) in [5, 5.41) is 15.8. The van der Waals surface area contributed by atoms with E-state index in [9.17, 15) is 18.0 Å². The summed E-state index contributed by atoms with van der Waals surface area (Å²) in [6, 6.07) is 5.27. The Morgan fingerprint density at radius 3 is 2.69 bits per heavy atom. The monoisotopic (exact) mass is 406 g/mol. The van der Waals surface area contributed by atoms with Crippen molar-refractivity contribution < 1.29 is 23.1 Å². The van der Waals surface area contributed by atoms with Crippen LogP contribution in [0.4, 0.5) is 24.8 Å². The number of aryl methyl sites for hydroxylation is 1. The van der Waals surface area contributed by atoms with Crippen LogP contribution in [0, 0.1) is 6.92 Å². The summed E-state index contributed by atoms with van der Waals surface area (Å²) in [6.07, 6.45) is -0.375. The maximum Gasteiger partial charge on any atom is 0.433 e. The molecule has 0 fully saturated rings. The number of benzene rings is 1. The molecule has 11 heteroatoms. The van der Waals surface area contributed by atoms with Crippen molar-refractivity contribution in [3.8, 4) is 11.1 Å². The average molecular weight is 406 g/mol. The largest absolute Gasteiger partial charge is 0.480 e. The molecule has 0 aliphatic heterocycles. The molecule has 2 heterocycles. The maximum atomic E-state index is 12.8. The Labute approximate surface area is 163 Å². The van der Waals surface area contributed by atoms with Crippen LogP contribution in [0.15, 0.2) is 42.9 Å².